The van der Waals surface area contributed by atoms with E-state index in [0.717, 1.165) is 70.3 Å². The van der Waals surface area contributed by atoms with Crippen molar-refractivity contribution in [2.75, 3.05) is 5.32 Å². The first-order chi connectivity index (χ1) is 16.9. The summed E-state index contributed by atoms with van der Waals surface area (Å²) in [5.74, 6) is -0.760. The number of para-hydroxylation sites is 1. The lowest BCUT2D eigenvalue weighted by Crippen LogP contribution is -2.19. The summed E-state index contributed by atoms with van der Waals surface area (Å²) < 4.78 is 0. The van der Waals surface area contributed by atoms with Gasteiger partial charge >= 0.3 is 0 Å². The van der Waals surface area contributed by atoms with Crippen molar-refractivity contribution in [2.24, 2.45) is 5.73 Å². The van der Waals surface area contributed by atoms with E-state index in [4.69, 9.17) is 22.3 Å². The lowest BCUT2D eigenvalue weighted by atomic mass is 9.96. The summed E-state index contributed by atoms with van der Waals surface area (Å²) >= 11 is 7.57. The van der Waals surface area contributed by atoms with Crippen LogP contribution in [0.25, 0.3) is 22.2 Å². The van der Waals surface area contributed by atoms with Crippen LogP contribution in [-0.2, 0) is 12.8 Å². The fourth-order valence-corrected chi connectivity index (χ4v) is 6.34. The largest absolute Gasteiger partial charge is 0.365 e. The zero-order valence-electron chi connectivity index (χ0n) is 19.5. The second kappa shape index (κ2) is 9.80. The molecule has 0 saturated carbocycles. The van der Waals surface area contributed by atoms with Crippen LogP contribution in [0.15, 0.2) is 48.5 Å². The molecule has 1 aliphatic carbocycles. The van der Waals surface area contributed by atoms with Crippen LogP contribution in [-0.4, -0.2) is 16.8 Å². The molecule has 178 valence electrons. The SMILES string of the molecule is Cc1c(-c2ccc(Cl)cc2)nc2ccccc2c1C(=O)Nc1sc2c(c1C(N)=O)CCCCCC2. The molecule has 1 aliphatic rings. The molecule has 2 aromatic carbocycles. The Bertz CT molecular complexity index is 1440. The minimum Gasteiger partial charge on any atom is -0.365 e. The average Bonchev–Trinajstić information content (AvgIpc) is 3.15. The van der Waals surface area contributed by atoms with E-state index in [1.54, 1.807) is 0 Å². The topological polar surface area (TPSA) is 85.1 Å². The van der Waals surface area contributed by atoms with E-state index in [1.807, 2.05) is 55.5 Å². The number of nitrogens with one attached hydrogen (secondary N) is 1. The molecule has 0 atom stereocenters. The first-order valence-electron chi connectivity index (χ1n) is 11.8. The third-order valence-corrected chi connectivity index (χ3v) is 8.08. The number of hydrogen-bond acceptors (Lipinski definition) is 4. The second-order valence-corrected chi connectivity index (χ2v) is 10.5. The summed E-state index contributed by atoms with van der Waals surface area (Å²) in [6.45, 7) is 1.90. The summed E-state index contributed by atoms with van der Waals surface area (Å²) in [4.78, 5) is 32.3. The number of aryl methyl sites for hydroxylation is 1. The zero-order chi connectivity index (χ0) is 24.5. The number of fused-ring (bicyclic) bond motifs is 2. The van der Waals surface area contributed by atoms with Gasteiger partial charge in [0.25, 0.3) is 11.8 Å². The maximum Gasteiger partial charge on any atom is 0.257 e. The number of anilines is 1. The molecule has 0 saturated heterocycles. The average molecular weight is 504 g/mol. The van der Waals surface area contributed by atoms with Crippen LogP contribution in [0.4, 0.5) is 5.00 Å². The van der Waals surface area contributed by atoms with Gasteiger partial charge in [-0.2, -0.15) is 0 Å². The Morgan fingerprint density at radius 3 is 2.43 bits per heavy atom. The van der Waals surface area contributed by atoms with Crippen molar-refractivity contribution < 1.29 is 9.59 Å². The lowest BCUT2D eigenvalue weighted by molar-refractivity contribution is 0.100. The fraction of sp³-hybridized carbons (Fsp3) is 0.250. The maximum absolute atomic E-state index is 13.8. The van der Waals surface area contributed by atoms with E-state index in [0.29, 0.717) is 21.2 Å². The number of thiophene rings is 1. The summed E-state index contributed by atoms with van der Waals surface area (Å²) in [5.41, 5.74) is 10.9. The first kappa shape index (κ1) is 23.5. The van der Waals surface area contributed by atoms with Gasteiger partial charge in [0, 0.05) is 20.8 Å². The van der Waals surface area contributed by atoms with Gasteiger partial charge in [-0.1, -0.05) is 54.8 Å². The molecule has 2 amide bonds. The van der Waals surface area contributed by atoms with E-state index in [9.17, 15) is 9.59 Å². The smallest absolute Gasteiger partial charge is 0.257 e. The monoisotopic (exact) mass is 503 g/mol. The number of nitrogens with zero attached hydrogens (tertiary/aromatic N) is 1. The molecule has 3 N–H and O–H groups in total. The van der Waals surface area contributed by atoms with Gasteiger partial charge in [-0.3, -0.25) is 9.59 Å². The highest BCUT2D eigenvalue weighted by Gasteiger charge is 2.26. The quantitative estimate of drug-likeness (QED) is 0.316. The number of rotatable bonds is 4. The summed E-state index contributed by atoms with van der Waals surface area (Å²) in [6, 6.07) is 15.0. The Labute approximate surface area is 213 Å². The third kappa shape index (κ3) is 4.56. The molecule has 0 aliphatic heterocycles. The van der Waals surface area contributed by atoms with Gasteiger partial charge in [0.2, 0.25) is 0 Å². The van der Waals surface area contributed by atoms with Crippen molar-refractivity contribution >= 4 is 50.7 Å². The van der Waals surface area contributed by atoms with Crippen LogP contribution >= 0.6 is 22.9 Å². The highest BCUT2D eigenvalue weighted by atomic mass is 35.5. The number of carbonyl (C=O) groups is 2. The predicted molar refractivity (Wildman–Crippen MR) is 144 cm³/mol. The number of nitrogens with two attached hydrogens (primary N) is 1. The van der Waals surface area contributed by atoms with Gasteiger partial charge in [-0.05, 0) is 61.9 Å². The first-order valence-corrected chi connectivity index (χ1v) is 13.0. The van der Waals surface area contributed by atoms with Crippen molar-refractivity contribution in [3.8, 4) is 11.3 Å². The Morgan fingerprint density at radius 1 is 0.971 bits per heavy atom. The molecule has 7 heteroatoms. The third-order valence-electron chi connectivity index (χ3n) is 6.63. The summed E-state index contributed by atoms with van der Waals surface area (Å²) in [7, 11) is 0. The van der Waals surface area contributed by atoms with Gasteiger partial charge < -0.3 is 11.1 Å². The zero-order valence-corrected chi connectivity index (χ0v) is 21.1. The Hall–Kier alpha value is -3.22. The molecule has 0 bridgehead atoms. The number of hydrogen-bond donors (Lipinski definition) is 2. The van der Waals surface area contributed by atoms with Crippen LogP contribution < -0.4 is 11.1 Å². The molecular formula is C28H26ClN3O2S. The van der Waals surface area contributed by atoms with Crippen LogP contribution in [0.3, 0.4) is 0 Å². The molecule has 2 aromatic heterocycles. The lowest BCUT2D eigenvalue weighted by Gasteiger charge is -2.15. The van der Waals surface area contributed by atoms with Crippen LogP contribution in [0, 0.1) is 6.92 Å². The second-order valence-electron chi connectivity index (χ2n) is 8.92. The highest BCUT2D eigenvalue weighted by molar-refractivity contribution is 7.17. The van der Waals surface area contributed by atoms with Gasteiger partial charge in [-0.25, -0.2) is 4.98 Å². The maximum atomic E-state index is 13.8. The molecule has 0 unspecified atom stereocenters. The normalized spacial score (nSPS) is 13.7. The number of amides is 2. The van der Waals surface area contributed by atoms with Crippen molar-refractivity contribution in [1.29, 1.82) is 0 Å². The van der Waals surface area contributed by atoms with Crippen LogP contribution in [0.1, 0.15) is 62.4 Å². The number of benzene rings is 2. The Kier molecular flexibility index (Phi) is 6.58. The molecular weight excluding hydrogens is 478 g/mol. The standard InChI is InChI=1S/C28H26ClN3O2S/c1-16-23(19-8-6-7-10-21(19)31-25(16)17-12-14-18(29)15-13-17)27(34)32-28-24(26(30)33)20-9-4-2-3-5-11-22(20)35-28/h6-8,10,12-15H,2-5,9,11H2,1H3,(H2,30,33)(H,32,34). The van der Waals surface area contributed by atoms with Gasteiger partial charge in [0.1, 0.15) is 5.00 Å². The predicted octanol–water partition coefficient (Wildman–Crippen LogP) is 6.94. The van der Waals surface area contributed by atoms with E-state index in [-0.39, 0.29) is 5.91 Å². The molecule has 5 nitrogen and oxygen atoms in total. The minimum absolute atomic E-state index is 0.270. The Balaban J connectivity index is 1.62. The number of primary amides is 1. The van der Waals surface area contributed by atoms with Crippen molar-refractivity contribution in [3.63, 3.8) is 0 Å². The van der Waals surface area contributed by atoms with Gasteiger partial charge in [0.05, 0.1) is 22.3 Å². The molecule has 0 fully saturated rings. The molecule has 4 aromatic rings. The van der Waals surface area contributed by atoms with Crippen molar-refractivity contribution in [1.82, 2.24) is 4.98 Å². The van der Waals surface area contributed by atoms with E-state index in [2.05, 4.69) is 5.32 Å². The fourth-order valence-electron chi connectivity index (χ4n) is 4.92. The van der Waals surface area contributed by atoms with E-state index >= 15 is 0 Å². The van der Waals surface area contributed by atoms with Crippen LogP contribution in [0.2, 0.25) is 5.02 Å². The van der Waals surface area contributed by atoms with E-state index in [1.165, 1.54) is 17.8 Å². The van der Waals surface area contributed by atoms with Crippen molar-refractivity contribution in [3.05, 3.63) is 80.7 Å². The summed E-state index contributed by atoms with van der Waals surface area (Å²) in [5, 5.41) is 5.00. The number of halogens is 1. The number of aromatic nitrogens is 1. The summed E-state index contributed by atoms with van der Waals surface area (Å²) in [6.07, 6.45) is 6.16. The molecule has 0 radical (unpaired) electrons. The Morgan fingerprint density at radius 2 is 1.69 bits per heavy atom. The molecule has 5 rings (SSSR count). The van der Waals surface area contributed by atoms with Crippen LogP contribution in [0.5, 0.6) is 0 Å². The molecule has 2 heterocycles. The number of carbonyl (C=O) groups excluding carboxylic acids is 2. The highest BCUT2D eigenvalue weighted by Crippen LogP contribution is 2.38. The van der Waals surface area contributed by atoms with Crippen molar-refractivity contribution in [2.45, 2.75) is 45.4 Å². The van der Waals surface area contributed by atoms with Gasteiger partial charge in [0.15, 0.2) is 0 Å². The minimum atomic E-state index is -0.489. The molecule has 35 heavy (non-hydrogen) atoms. The molecule has 0 spiro atoms. The van der Waals surface area contributed by atoms with Gasteiger partial charge in [-0.15, -0.1) is 11.3 Å². The number of pyridine rings is 1. The van der Waals surface area contributed by atoms with E-state index < -0.39 is 5.91 Å².